The average molecular weight is 416 g/mol. The lowest BCUT2D eigenvalue weighted by molar-refractivity contribution is -0.0212. The fourth-order valence-corrected chi connectivity index (χ4v) is 4.36. The van der Waals surface area contributed by atoms with E-state index >= 15 is 0 Å². The van der Waals surface area contributed by atoms with Crippen LogP contribution in [0.25, 0.3) is 0 Å². The van der Waals surface area contributed by atoms with Crippen LogP contribution in [-0.4, -0.2) is 73.3 Å². The first-order valence-corrected chi connectivity index (χ1v) is 11.7. The number of ether oxygens (including phenoxy) is 1. The van der Waals surface area contributed by atoms with Crippen molar-refractivity contribution in [3.63, 3.8) is 0 Å². The Hall–Kier alpha value is -1.63. The molecule has 0 radical (unpaired) electrons. The van der Waals surface area contributed by atoms with Crippen LogP contribution < -0.4 is 10.6 Å². The molecule has 3 rings (SSSR count). The predicted molar refractivity (Wildman–Crippen MR) is 125 cm³/mol. The van der Waals surface area contributed by atoms with Gasteiger partial charge in [-0.15, -0.1) is 0 Å². The molecular formula is C24H41N5O. The van der Waals surface area contributed by atoms with Crippen LogP contribution in [-0.2, 0) is 17.8 Å². The van der Waals surface area contributed by atoms with E-state index in [1.807, 2.05) is 0 Å². The van der Waals surface area contributed by atoms with Crippen LogP contribution in [0, 0.1) is 0 Å². The second-order valence-corrected chi connectivity index (χ2v) is 8.98. The standard InChI is InChI=1S/C24H41N5O/c1-5-25-24(27-23-9-11-29(12-10-23)19(2)3)26-16-21-7-6-8-22(15-21)18-28-13-14-30-20(4)17-28/h6-8,15,19-20,23H,5,9-14,16-18H2,1-4H3,(H2,25,26,27). The molecule has 2 heterocycles. The fourth-order valence-electron chi connectivity index (χ4n) is 4.36. The Morgan fingerprint density at radius 2 is 1.97 bits per heavy atom. The van der Waals surface area contributed by atoms with Gasteiger partial charge in [0.15, 0.2) is 5.96 Å². The van der Waals surface area contributed by atoms with Gasteiger partial charge in [0.2, 0.25) is 0 Å². The van der Waals surface area contributed by atoms with Crippen molar-refractivity contribution in [3.8, 4) is 0 Å². The number of guanidine groups is 1. The Kier molecular flexibility index (Phi) is 8.97. The summed E-state index contributed by atoms with van der Waals surface area (Å²) >= 11 is 0. The normalized spacial score (nSPS) is 22.4. The fraction of sp³-hybridized carbons (Fsp3) is 0.708. The molecule has 30 heavy (non-hydrogen) atoms. The van der Waals surface area contributed by atoms with Crippen LogP contribution >= 0.6 is 0 Å². The molecule has 6 heteroatoms. The van der Waals surface area contributed by atoms with Crippen molar-refractivity contribution in [1.29, 1.82) is 0 Å². The first kappa shape index (κ1) is 23.0. The molecule has 1 atom stereocenters. The minimum atomic E-state index is 0.327. The van der Waals surface area contributed by atoms with Gasteiger partial charge in [-0.25, -0.2) is 4.99 Å². The highest BCUT2D eigenvalue weighted by Crippen LogP contribution is 2.14. The monoisotopic (exact) mass is 415 g/mol. The van der Waals surface area contributed by atoms with Gasteiger partial charge in [0.1, 0.15) is 0 Å². The number of hydrogen-bond acceptors (Lipinski definition) is 4. The highest BCUT2D eigenvalue weighted by atomic mass is 16.5. The van der Waals surface area contributed by atoms with Crippen LogP contribution in [0.3, 0.4) is 0 Å². The molecule has 1 aromatic rings. The van der Waals surface area contributed by atoms with Crippen LogP contribution in [0.4, 0.5) is 0 Å². The molecule has 2 saturated heterocycles. The summed E-state index contributed by atoms with van der Waals surface area (Å²) in [5, 5.41) is 7.08. The summed E-state index contributed by atoms with van der Waals surface area (Å²) in [6.07, 6.45) is 2.68. The Labute approximate surface area is 183 Å². The molecule has 1 aromatic carbocycles. The summed E-state index contributed by atoms with van der Waals surface area (Å²) in [7, 11) is 0. The zero-order valence-electron chi connectivity index (χ0n) is 19.4. The molecule has 2 fully saturated rings. The number of morpholine rings is 1. The molecule has 0 aromatic heterocycles. The van der Waals surface area contributed by atoms with Crippen molar-refractivity contribution in [2.45, 2.75) is 71.8 Å². The maximum absolute atomic E-state index is 5.66. The Balaban J connectivity index is 1.54. The average Bonchev–Trinajstić information content (AvgIpc) is 2.73. The van der Waals surface area contributed by atoms with Crippen molar-refractivity contribution in [1.82, 2.24) is 20.4 Å². The smallest absolute Gasteiger partial charge is 0.191 e. The largest absolute Gasteiger partial charge is 0.376 e. The lowest BCUT2D eigenvalue weighted by Gasteiger charge is -2.35. The van der Waals surface area contributed by atoms with Gasteiger partial charge in [0, 0.05) is 51.4 Å². The minimum Gasteiger partial charge on any atom is -0.376 e. The zero-order valence-corrected chi connectivity index (χ0v) is 19.4. The van der Waals surface area contributed by atoms with E-state index in [2.05, 4.69) is 72.4 Å². The molecule has 1 unspecified atom stereocenters. The van der Waals surface area contributed by atoms with Crippen molar-refractivity contribution in [3.05, 3.63) is 35.4 Å². The second-order valence-electron chi connectivity index (χ2n) is 8.98. The summed E-state index contributed by atoms with van der Waals surface area (Å²) in [4.78, 5) is 9.92. The molecule has 168 valence electrons. The number of likely N-dealkylation sites (tertiary alicyclic amines) is 1. The lowest BCUT2D eigenvalue weighted by Crippen LogP contribution is -2.49. The van der Waals surface area contributed by atoms with E-state index in [1.54, 1.807) is 0 Å². The van der Waals surface area contributed by atoms with Gasteiger partial charge < -0.3 is 20.3 Å². The molecule has 2 N–H and O–H groups in total. The van der Waals surface area contributed by atoms with E-state index in [0.29, 0.717) is 24.7 Å². The van der Waals surface area contributed by atoms with E-state index in [9.17, 15) is 0 Å². The van der Waals surface area contributed by atoms with E-state index in [1.165, 1.54) is 24.0 Å². The second kappa shape index (κ2) is 11.7. The number of piperidine rings is 1. The molecule has 6 nitrogen and oxygen atoms in total. The van der Waals surface area contributed by atoms with E-state index in [-0.39, 0.29) is 0 Å². The number of benzene rings is 1. The number of rotatable bonds is 7. The van der Waals surface area contributed by atoms with Gasteiger partial charge in [0.25, 0.3) is 0 Å². The van der Waals surface area contributed by atoms with Crippen LogP contribution in [0.15, 0.2) is 29.3 Å². The summed E-state index contributed by atoms with van der Waals surface area (Å²) in [6.45, 7) is 16.6. The summed E-state index contributed by atoms with van der Waals surface area (Å²) in [6, 6.07) is 10.0. The Bertz CT molecular complexity index is 669. The van der Waals surface area contributed by atoms with Gasteiger partial charge in [0.05, 0.1) is 19.3 Å². The van der Waals surface area contributed by atoms with Crippen molar-refractivity contribution < 1.29 is 4.74 Å². The first-order valence-electron chi connectivity index (χ1n) is 11.7. The number of nitrogens with zero attached hydrogens (tertiary/aromatic N) is 3. The van der Waals surface area contributed by atoms with Crippen molar-refractivity contribution in [2.75, 3.05) is 39.3 Å². The first-order chi connectivity index (χ1) is 14.5. The molecule has 0 aliphatic carbocycles. The molecule has 0 spiro atoms. The Morgan fingerprint density at radius 1 is 1.20 bits per heavy atom. The Morgan fingerprint density at radius 3 is 2.67 bits per heavy atom. The van der Waals surface area contributed by atoms with Crippen LogP contribution in [0.5, 0.6) is 0 Å². The van der Waals surface area contributed by atoms with E-state index in [4.69, 9.17) is 9.73 Å². The molecule has 0 amide bonds. The van der Waals surface area contributed by atoms with Gasteiger partial charge in [-0.3, -0.25) is 4.90 Å². The zero-order chi connectivity index (χ0) is 21.3. The van der Waals surface area contributed by atoms with E-state index in [0.717, 1.165) is 51.8 Å². The summed E-state index contributed by atoms with van der Waals surface area (Å²) < 4.78 is 5.66. The molecule has 0 bridgehead atoms. The molecule has 2 aliphatic rings. The third-order valence-electron chi connectivity index (χ3n) is 6.09. The van der Waals surface area contributed by atoms with E-state index < -0.39 is 0 Å². The predicted octanol–water partition coefficient (Wildman–Crippen LogP) is 2.84. The summed E-state index contributed by atoms with van der Waals surface area (Å²) in [5.41, 5.74) is 2.62. The van der Waals surface area contributed by atoms with Gasteiger partial charge in [-0.1, -0.05) is 24.3 Å². The summed E-state index contributed by atoms with van der Waals surface area (Å²) in [5.74, 6) is 0.938. The van der Waals surface area contributed by atoms with Crippen LogP contribution in [0.1, 0.15) is 51.7 Å². The topological polar surface area (TPSA) is 52.1 Å². The highest BCUT2D eigenvalue weighted by Gasteiger charge is 2.21. The lowest BCUT2D eigenvalue weighted by atomic mass is 10.0. The van der Waals surface area contributed by atoms with Crippen LogP contribution in [0.2, 0.25) is 0 Å². The number of nitrogens with one attached hydrogen (secondary N) is 2. The van der Waals surface area contributed by atoms with Gasteiger partial charge in [-0.05, 0) is 51.7 Å². The maximum atomic E-state index is 5.66. The molecular weight excluding hydrogens is 374 g/mol. The third kappa shape index (κ3) is 7.25. The SMILES string of the molecule is CCNC(=NCc1cccc(CN2CCOC(C)C2)c1)NC1CCN(C(C)C)CC1. The number of hydrogen-bond donors (Lipinski definition) is 2. The number of aliphatic imine (C=N–C) groups is 1. The van der Waals surface area contributed by atoms with Crippen molar-refractivity contribution in [2.24, 2.45) is 4.99 Å². The molecule has 0 saturated carbocycles. The quantitative estimate of drug-likeness (QED) is 0.530. The highest BCUT2D eigenvalue weighted by molar-refractivity contribution is 5.80. The van der Waals surface area contributed by atoms with Gasteiger partial charge in [-0.2, -0.15) is 0 Å². The maximum Gasteiger partial charge on any atom is 0.191 e. The third-order valence-corrected chi connectivity index (χ3v) is 6.09. The minimum absolute atomic E-state index is 0.327. The molecule has 2 aliphatic heterocycles. The van der Waals surface area contributed by atoms with Gasteiger partial charge >= 0.3 is 0 Å². The van der Waals surface area contributed by atoms with Crippen molar-refractivity contribution >= 4 is 5.96 Å².